The van der Waals surface area contributed by atoms with Crippen LogP contribution in [-0.2, 0) is 10.0 Å². The van der Waals surface area contributed by atoms with Crippen molar-refractivity contribution in [1.29, 1.82) is 0 Å². The molecule has 0 aliphatic rings. The molecule has 6 heteroatoms. The number of furan rings is 1. The summed E-state index contributed by atoms with van der Waals surface area (Å²) in [4.78, 5) is 0. The summed E-state index contributed by atoms with van der Waals surface area (Å²) in [5.74, 6) is 0.867. The summed E-state index contributed by atoms with van der Waals surface area (Å²) in [6, 6.07) is 3.68. The lowest BCUT2D eigenvalue weighted by Crippen LogP contribution is -2.30. The molecular formula is C9H16N2O3S. The minimum Gasteiger partial charge on any atom is -0.468 e. The average molecular weight is 232 g/mol. The van der Waals surface area contributed by atoms with E-state index in [-0.39, 0.29) is 11.8 Å². The minimum absolute atomic E-state index is 0.0204. The molecule has 0 aliphatic carbocycles. The molecule has 0 amide bonds. The van der Waals surface area contributed by atoms with E-state index in [1.54, 1.807) is 12.3 Å². The average Bonchev–Trinajstić information content (AvgIpc) is 2.70. The Balaban J connectivity index is 2.33. The van der Waals surface area contributed by atoms with Crippen LogP contribution >= 0.6 is 0 Å². The summed E-state index contributed by atoms with van der Waals surface area (Å²) in [7, 11) is -1.72. The zero-order chi connectivity index (χ0) is 11.3. The molecule has 0 radical (unpaired) electrons. The van der Waals surface area contributed by atoms with E-state index >= 15 is 0 Å². The summed E-state index contributed by atoms with van der Waals surface area (Å²) in [6.07, 6.45) is 1.60. The van der Waals surface area contributed by atoms with E-state index in [0.29, 0.717) is 6.54 Å². The molecule has 0 aromatic carbocycles. The number of nitrogens with one attached hydrogen (secondary N) is 2. The number of hydrogen-bond donors (Lipinski definition) is 2. The Kier molecular flexibility index (Phi) is 4.31. The van der Waals surface area contributed by atoms with Crippen molar-refractivity contribution in [3.63, 3.8) is 0 Å². The van der Waals surface area contributed by atoms with E-state index in [1.807, 2.05) is 13.0 Å². The van der Waals surface area contributed by atoms with Crippen LogP contribution in [0.15, 0.2) is 22.8 Å². The largest absolute Gasteiger partial charge is 0.468 e. The van der Waals surface area contributed by atoms with Crippen LogP contribution in [0.1, 0.15) is 18.7 Å². The van der Waals surface area contributed by atoms with Crippen LogP contribution in [-0.4, -0.2) is 27.8 Å². The second-order valence-electron chi connectivity index (χ2n) is 3.21. The van der Waals surface area contributed by atoms with Gasteiger partial charge in [0.2, 0.25) is 10.0 Å². The molecule has 0 saturated heterocycles. The van der Waals surface area contributed by atoms with Crippen LogP contribution in [0.5, 0.6) is 0 Å². The number of rotatable bonds is 6. The molecule has 0 fully saturated rings. The van der Waals surface area contributed by atoms with Gasteiger partial charge < -0.3 is 9.73 Å². The van der Waals surface area contributed by atoms with E-state index in [2.05, 4.69) is 10.0 Å². The lowest BCUT2D eigenvalue weighted by molar-refractivity contribution is 0.436. The highest BCUT2D eigenvalue weighted by Gasteiger charge is 2.10. The maximum absolute atomic E-state index is 11.1. The van der Waals surface area contributed by atoms with Crippen molar-refractivity contribution in [3.8, 4) is 0 Å². The van der Waals surface area contributed by atoms with Gasteiger partial charge in [0, 0.05) is 6.54 Å². The topological polar surface area (TPSA) is 71.3 Å². The van der Waals surface area contributed by atoms with Gasteiger partial charge in [-0.15, -0.1) is 0 Å². The molecule has 0 aliphatic heterocycles. The first-order valence-corrected chi connectivity index (χ1v) is 6.38. The molecule has 1 rings (SSSR count). The van der Waals surface area contributed by atoms with Gasteiger partial charge in [0.25, 0.3) is 0 Å². The van der Waals surface area contributed by atoms with Crippen LogP contribution in [0, 0.1) is 0 Å². The summed E-state index contributed by atoms with van der Waals surface area (Å²) < 4.78 is 29.6. The Morgan fingerprint density at radius 1 is 1.53 bits per heavy atom. The summed E-state index contributed by atoms with van der Waals surface area (Å²) in [6.45, 7) is 2.32. The van der Waals surface area contributed by atoms with Crippen LogP contribution in [0.3, 0.4) is 0 Å². The molecule has 0 saturated carbocycles. The van der Waals surface area contributed by atoms with E-state index in [1.165, 1.54) is 7.05 Å². The second-order valence-corrected chi connectivity index (χ2v) is 5.26. The third-order valence-corrected chi connectivity index (χ3v) is 3.47. The van der Waals surface area contributed by atoms with Gasteiger partial charge in [-0.3, -0.25) is 0 Å². The molecule has 1 aromatic rings. The van der Waals surface area contributed by atoms with Crippen LogP contribution in [0.25, 0.3) is 0 Å². The first-order chi connectivity index (χ1) is 7.05. The van der Waals surface area contributed by atoms with E-state index < -0.39 is 10.0 Å². The Morgan fingerprint density at radius 3 is 2.80 bits per heavy atom. The van der Waals surface area contributed by atoms with Crippen molar-refractivity contribution in [3.05, 3.63) is 24.2 Å². The van der Waals surface area contributed by atoms with Crippen molar-refractivity contribution in [2.24, 2.45) is 0 Å². The van der Waals surface area contributed by atoms with Gasteiger partial charge >= 0.3 is 0 Å². The predicted molar refractivity (Wildman–Crippen MR) is 58.0 cm³/mol. The zero-order valence-corrected chi connectivity index (χ0v) is 9.67. The van der Waals surface area contributed by atoms with Crippen molar-refractivity contribution < 1.29 is 12.8 Å². The maximum Gasteiger partial charge on any atom is 0.212 e. The Morgan fingerprint density at radius 2 is 2.27 bits per heavy atom. The first kappa shape index (κ1) is 12.2. The lowest BCUT2D eigenvalue weighted by atomic mass is 10.2. The molecule has 2 N–H and O–H groups in total. The van der Waals surface area contributed by atoms with Gasteiger partial charge in [-0.25, -0.2) is 13.1 Å². The summed E-state index contributed by atoms with van der Waals surface area (Å²) >= 11 is 0. The van der Waals surface area contributed by atoms with Gasteiger partial charge in [0.1, 0.15) is 5.76 Å². The molecular weight excluding hydrogens is 216 g/mol. The fraction of sp³-hybridized carbons (Fsp3) is 0.556. The van der Waals surface area contributed by atoms with Crippen LogP contribution in [0.2, 0.25) is 0 Å². The molecule has 0 spiro atoms. The molecule has 1 unspecified atom stereocenters. The third kappa shape index (κ3) is 4.03. The molecule has 1 atom stereocenters. The van der Waals surface area contributed by atoms with Crippen molar-refractivity contribution in [2.75, 3.05) is 19.3 Å². The first-order valence-electron chi connectivity index (χ1n) is 4.73. The smallest absolute Gasteiger partial charge is 0.212 e. The van der Waals surface area contributed by atoms with Crippen molar-refractivity contribution in [2.45, 2.75) is 13.0 Å². The Labute approximate surface area is 89.9 Å². The van der Waals surface area contributed by atoms with Gasteiger partial charge in [-0.2, -0.15) is 0 Å². The monoisotopic (exact) mass is 232 g/mol. The Hall–Kier alpha value is -0.850. The minimum atomic E-state index is -3.13. The van der Waals surface area contributed by atoms with Gasteiger partial charge in [-0.05, 0) is 26.1 Å². The highest BCUT2D eigenvalue weighted by atomic mass is 32.2. The van der Waals surface area contributed by atoms with Gasteiger partial charge in [0.05, 0.1) is 18.1 Å². The SMILES string of the molecule is CNS(=O)(=O)CCNC(C)c1ccco1. The van der Waals surface area contributed by atoms with Crippen LogP contribution in [0.4, 0.5) is 0 Å². The highest BCUT2D eigenvalue weighted by molar-refractivity contribution is 7.89. The van der Waals surface area contributed by atoms with E-state index in [4.69, 9.17) is 4.42 Å². The molecule has 0 bridgehead atoms. The number of hydrogen-bond acceptors (Lipinski definition) is 4. The summed E-state index contributed by atoms with van der Waals surface area (Å²) in [5, 5.41) is 3.06. The fourth-order valence-corrected chi connectivity index (χ4v) is 1.74. The van der Waals surface area contributed by atoms with Gasteiger partial charge in [-0.1, -0.05) is 0 Å². The number of sulfonamides is 1. The maximum atomic E-state index is 11.1. The van der Waals surface area contributed by atoms with Crippen molar-refractivity contribution >= 4 is 10.0 Å². The normalized spacial score (nSPS) is 14.0. The third-order valence-electron chi connectivity index (χ3n) is 2.10. The standard InChI is InChI=1S/C9H16N2O3S/c1-8(9-4-3-6-14-9)11-5-7-15(12,13)10-2/h3-4,6,8,10-11H,5,7H2,1-2H3. The highest BCUT2D eigenvalue weighted by Crippen LogP contribution is 2.11. The molecule has 1 heterocycles. The molecule has 1 aromatic heterocycles. The Bertz CT molecular complexity index is 372. The van der Waals surface area contributed by atoms with Crippen molar-refractivity contribution in [1.82, 2.24) is 10.0 Å². The fourth-order valence-electron chi connectivity index (χ4n) is 1.15. The summed E-state index contributed by atoms with van der Waals surface area (Å²) in [5.41, 5.74) is 0. The molecule has 86 valence electrons. The molecule has 15 heavy (non-hydrogen) atoms. The lowest BCUT2D eigenvalue weighted by Gasteiger charge is -2.10. The van der Waals surface area contributed by atoms with Crippen LogP contribution < -0.4 is 10.0 Å². The quantitative estimate of drug-likeness (QED) is 0.748. The van der Waals surface area contributed by atoms with Gasteiger partial charge in [0.15, 0.2) is 0 Å². The second kappa shape index (κ2) is 5.29. The van der Waals surface area contributed by atoms with E-state index in [9.17, 15) is 8.42 Å². The molecule has 5 nitrogen and oxygen atoms in total. The van der Waals surface area contributed by atoms with E-state index in [0.717, 1.165) is 5.76 Å². The zero-order valence-electron chi connectivity index (χ0n) is 8.86. The predicted octanol–water partition coefficient (Wildman–Crippen LogP) is 0.479.